The van der Waals surface area contributed by atoms with Crippen molar-refractivity contribution < 1.29 is 17.0 Å². The number of imidazole rings is 1. The molecule has 0 bridgehead atoms. The van der Waals surface area contributed by atoms with Gasteiger partial charge in [-0.05, 0) is 12.8 Å². The predicted molar refractivity (Wildman–Crippen MR) is 110 cm³/mol. The minimum Gasteiger partial charge on any atom is -1.00 e. The molecule has 0 unspecified atom stereocenters. The number of aryl methyl sites for hydroxylation is 2. The predicted octanol–water partition coefficient (Wildman–Crippen LogP) is 3.97. The van der Waals surface area contributed by atoms with Crippen molar-refractivity contribution in [3.05, 3.63) is 18.7 Å². The third-order valence-electron chi connectivity index (χ3n) is 5.34. The maximum atomic E-state index is 2.30. The Morgan fingerprint density at radius 2 is 1.00 bits per heavy atom. The molecule has 154 valence electrons. The van der Waals surface area contributed by atoms with E-state index in [1.165, 1.54) is 116 Å². The highest BCUT2D eigenvalue weighted by Crippen LogP contribution is 2.14. The number of nitrogens with zero attached hydrogens (tertiary/aromatic N) is 2. The largest absolute Gasteiger partial charge is 1.00 e. The van der Waals surface area contributed by atoms with Crippen LogP contribution in [0.15, 0.2) is 18.7 Å². The molecular formula is C23H45ClN2. The molecule has 0 amide bonds. The standard InChI is InChI=1S/C23H45N2.ClH/c1-3-4-5-6-7-8-9-10-11-12-13-14-15-16-17-18-19-20-25-22-21-24(2)23-25;/h21-23H,3-20H2,1-2H3;1H/q+1;/p-1. The zero-order valence-corrected chi connectivity index (χ0v) is 18.5. The number of aromatic nitrogens is 2. The molecule has 0 saturated carbocycles. The van der Waals surface area contributed by atoms with Crippen LogP contribution in [0.4, 0.5) is 0 Å². The fraction of sp³-hybridized carbons (Fsp3) is 0.870. The van der Waals surface area contributed by atoms with Gasteiger partial charge in [-0.2, -0.15) is 0 Å². The van der Waals surface area contributed by atoms with Gasteiger partial charge in [0.05, 0.1) is 13.6 Å². The maximum Gasteiger partial charge on any atom is 0.243 e. The van der Waals surface area contributed by atoms with Gasteiger partial charge in [0.1, 0.15) is 12.4 Å². The van der Waals surface area contributed by atoms with Crippen LogP contribution in [0.1, 0.15) is 116 Å². The van der Waals surface area contributed by atoms with Gasteiger partial charge in [-0.3, -0.25) is 0 Å². The molecule has 0 radical (unpaired) electrons. The molecule has 26 heavy (non-hydrogen) atoms. The second-order valence-corrected chi connectivity index (χ2v) is 7.97. The Morgan fingerprint density at radius 3 is 1.35 bits per heavy atom. The normalized spacial score (nSPS) is 10.8. The Morgan fingerprint density at radius 1 is 0.615 bits per heavy atom. The van der Waals surface area contributed by atoms with Crippen LogP contribution in [0.25, 0.3) is 0 Å². The van der Waals surface area contributed by atoms with Crippen LogP contribution in [0.2, 0.25) is 0 Å². The number of unbranched alkanes of at least 4 members (excludes halogenated alkanes) is 16. The number of hydrogen-bond acceptors (Lipinski definition) is 0. The number of rotatable bonds is 18. The third-order valence-corrected chi connectivity index (χ3v) is 5.34. The van der Waals surface area contributed by atoms with Crippen molar-refractivity contribution in [2.75, 3.05) is 0 Å². The van der Waals surface area contributed by atoms with Gasteiger partial charge in [0.2, 0.25) is 6.33 Å². The van der Waals surface area contributed by atoms with E-state index in [-0.39, 0.29) is 12.4 Å². The van der Waals surface area contributed by atoms with Crippen molar-refractivity contribution in [3.8, 4) is 0 Å². The number of hydrogen-bond donors (Lipinski definition) is 0. The lowest BCUT2D eigenvalue weighted by Gasteiger charge is -2.03. The minimum absolute atomic E-state index is 0. The third kappa shape index (κ3) is 15.7. The molecule has 0 aliphatic heterocycles. The minimum atomic E-state index is 0. The van der Waals surface area contributed by atoms with Crippen molar-refractivity contribution in [2.45, 2.75) is 123 Å². The number of halogens is 1. The van der Waals surface area contributed by atoms with E-state index in [0.29, 0.717) is 0 Å². The van der Waals surface area contributed by atoms with Crippen LogP contribution >= 0.6 is 0 Å². The maximum absolute atomic E-state index is 2.30. The fourth-order valence-corrected chi connectivity index (χ4v) is 3.65. The van der Waals surface area contributed by atoms with Gasteiger partial charge in [-0.1, -0.05) is 103 Å². The Balaban J connectivity index is 0.00000625. The van der Waals surface area contributed by atoms with Gasteiger partial charge in [-0.15, -0.1) is 0 Å². The first-order chi connectivity index (χ1) is 12.3. The lowest BCUT2D eigenvalue weighted by atomic mass is 10.0. The summed E-state index contributed by atoms with van der Waals surface area (Å²) >= 11 is 0. The summed E-state index contributed by atoms with van der Waals surface area (Å²) in [6, 6.07) is 0. The quantitative estimate of drug-likeness (QED) is 0.267. The monoisotopic (exact) mass is 384 g/mol. The average molecular weight is 385 g/mol. The fourth-order valence-electron chi connectivity index (χ4n) is 3.65. The van der Waals surface area contributed by atoms with Crippen molar-refractivity contribution >= 4 is 0 Å². The molecule has 1 aromatic rings. The van der Waals surface area contributed by atoms with Crippen molar-refractivity contribution in [2.24, 2.45) is 7.05 Å². The van der Waals surface area contributed by atoms with E-state index in [4.69, 9.17) is 0 Å². The topological polar surface area (TPSA) is 8.81 Å². The van der Waals surface area contributed by atoms with E-state index in [1.54, 1.807) is 0 Å². The van der Waals surface area contributed by atoms with Crippen molar-refractivity contribution in [1.29, 1.82) is 0 Å². The molecule has 0 saturated heterocycles. The lowest BCUT2D eigenvalue weighted by molar-refractivity contribution is -0.671. The molecule has 0 N–H and O–H groups in total. The van der Waals surface area contributed by atoms with Crippen molar-refractivity contribution in [3.63, 3.8) is 0 Å². The highest BCUT2D eigenvalue weighted by atomic mass is 35.5. The summed E-state index contributed by atoms with van der Waals surface area (Å²) in [5, 5.41) is 0. The zero-order chi connectivity index (χ0) is 18.0. The first-order valence-corrected chi connectivity index (χ1v) is 11.3. The summed E-state index contributed by atoms with van der Waals surface area (Å²) in [6.45, 7) is 3.48. The molecule has 0 aromatic carbocycles. The summed E-state index contributed by atoms with van der Waals surface area (Å²) in [5.74, 6) is 0. The molecule has 1 heterocycles. The van der Waals surface area contributed by atoms with Gasteiger partial charge < -0.3 is 12.4 Å². The van der Waals surface area contributed by atoms with Crippen LogP contribution in [-0.2, 0) is 13.6 Å². The molecule has 3 heteroatoms. The Labute approximate surface area is 170 Å². The summed E-state index contributed by atoms with van der Waals surface area (Å²) < 4.78 is 4.42. The molecule has 1 aromatic heterocycles. The molecule has 0 aliphatic carbocycles. The van der Waals surface area contributed by atoms with Crippen LogP contribution in [-0.4, -0.2) is 4.57 Å². The Kier molecular flexibility index (Phi) is 18.9. The van der Waals surface area contributed by atoms with Gasteiger partial charge in [0.25, 0.3) is 0 Å². The Hall–Kier alpha value is -0.500. The molecule has 0 atom stereocenters. The van der Waals surface area contributed by atoms with E-state index in [0.717, 1.165) is 0 Å². The van der Waals surface area contributed by atoms with Gasteiger partial charge in [-0.25, -0.2) is 9.13 Å². The molecule has 0 spiro atoms. The zero-order valence-electron chi connectivity index (χ0n) is 17.7. The summed E-state index contributed by atoms with van der Waals surface area (Å²) in [5.41, 5.74) is 0. The van der Waals surface area contributed by atoms with Gasteiger partial charge in [0.15, 0.2) is 0 Å². The summed E-state index contributed by atoms with van der Waals surface area (Å²) in [4.78, 5) is 0. The van der Waals surface area contributed by atoms with E-state index in [2.05, 4.69) is 41.8 Å². The van der Waals surface area contributed by atoms with Gasteiger partial charge in [0, 0.05) is 0 Å². The highest BCUT2D eigenvalue weighted by Gasteiger charge is 1.99. The van der Waals surface area contributed by atoms with Crippen LogP contribution < -0.4 is 17.0 Å². The molecule has 1 rings (SSSR count). The second-order valence-electron chi connectivity index (χ2n) is 7.97. The molecular weight excluding hydrogens is 340 g/mol. The van der Waals surface area contributed by atoms with Crippen LogP contribution in [0.5, 0.6) is 0 Å². The van der Waals surface area contributed by atoms with Crippen LogP contribution in [0, 0.1) is 0 Å². The van der Waals surface area contributed by atoms with E-state index < -0.39 is 0 Å². The Bertz CT molecular complexity index is 389. The average Bonchev–Trinajstić information content (AvgIpc) is 3.03. The van der Waals surface area contributed by atoms with E-state index >= 15 is 0 Å². The van der Waals surface area contributed by atoms with Crippen LogP contribution in [0.3, 0.4) is 0 Å². The summed E-state index contributed by atoms with van der Waals surface area (Å²) in [6.07, 6.45) is 31.0. The van der Waals surface area contributed by atoms with E-state index in [9.17, 15) is 0 Å². The SMILES string of the molecule is CCCCCCCCCCCCCCCCCCCn1cc[n+](C)c1.[Cl-]. The first kappa shape index (κ1) is 25.5. The summed E-state index contributed by atoms with van der Waals surface area (Å²) in [7, 11) is 2.09. The highest BCUT2D eigenvalue weighted by molar-refractivity contribution is 4.65. The smallest absolute Gasteiger partial charge is 0.243 e. The van der Waals surface area contributed by atoms with E-state index in [1.807, 2.05) is 0 Å². The molecule has 0 fully saturated rings. The second kappa shape index (κ2) is 19.3. The van der Waals surface area contributed by atoms with Crippen molar-refractivity contribution in [1.82, 2.24) is 4.57 Å². The van der Waals surface area contributed by atoms with Gasteiger partial charge >= 0.3 is 0 Å². The molecule has 0 aliphatic rings. The lowest BCUT2D eigenvalue weighted by Crippen LogP contribution is -3.00. The first-order valence-electron chi connectivity index (χ1n) is 11.3. The molecule has 2 nitrogen and oxygen atoms in total.